The Balaban J connectivity index is 3.96. The van der Waals surface area contributed by atoms with Gasteiger partial charge in [-0.1, -0.05) is 292 Å². The van der Waals surface area contributed by atoms with E-state index in [4.69, 9.17) is 18.9 Å². The van der Waals surface area contributed by atoms with Crippen molar-refractivity contribution in [2.24, 2.45) is 0 Å². The number of nitrogens with zero attached hydrogens (tertiary/aromatic N) is 1. The summed E-state index contributed by atoms with van der Waals surface area (Å²) in [6, 6.07) is 0. The fourth-order valence-electron chi connectivity index (χ4n) is 9.44. The van der Waals surface area contributed by atoms with Crippen molar-refractivity contribution in [1.29, 1.82) is 0 Å². The molecule has 9 heteroatoms. The SMILES string of the molecule is CC/C=C\C/C=C\C/C=C\C/C=C\C/C=C\CC(=O)OC(COC(=O)CCCCCCCCCCCCCCCCCCCCCCCCCCCCC/C=C\CCCCCCCCCC)COC(OCC[N+](C)(C)C)C(=O)O. The topological polar surface area (TPSA) is 108 Å². The third kappa shape index (κ3) is 62.2. The third-order valence-corrected chi connectivity index (χ3v) is 14.5. The van der Waals surface area contributed by atoms with E-state index in [0.29, 0.717) is 17.4 Å². The van der Waals surface area contributed by atoms with Crippen LogP contribution in [0.3, 0.4) is 0 Å². The Bertz CT molecular complexity index is 1520. The molecule has 0 saturated heterocycles. The van der Waals surface area contributed by atoms with Gasteiger partial charge < -0.3 is 28.5 Å². The molecular formula is C70H126NO8+. The number of unbranched alkanes of at least 4 members (excludes halogenated alkanes) is 35. The van der Waals surface area contributed by atoms with Gasteiger partial charge in [0.15, 0.2) is 6.10 Å². The quantitative estimate of drug-likeness (QED) is 0.0211. The first-order chi connectivity index (χ1) is 38.6. The summed E-state index contributed by atoms with van der Waals surface area (Å²) in [5.74, 6) is -2.16. The van der Waals surface area contributed by atoms with E-state index in [9.17, 15) is 19.5 Å². The molecule has 2 unspecified atom stereocenters. The largest absolute Gasteiger partial charge is 0.477 e. The van der Waals surface area contributed by atoms with Crippen LogP contribution in [0.2, 0.25) is 0 Å². The van der Waals surface area contributed by atoms with E-state index in [1.54, 1.807) is 6.08 Å². The van der Waals surface area contributed by atoms with Crippen molar-refractivity contribution < 1.29 is 42.9 Å². The van der Waals surface area contributed by atoms with Gasteiger partial charge in [0.25, 0.3) is 6.29 Å². The molecule has 79 heavy (non-hydrogen) atoms. The standard InChI is InChI=1S/C70H125NO8/c1-6-8-10-12-14-16-18-20-22-23-24-25-26-27-28-29-30-31-32-33-34-35-36-37-38-39-40-41-42-43-44-45-47-48-50-52-54-56-58-60-67(72)77-64-66(65-78-70(69(74)75)76-63-62-71(3,4)5)79-68(73)61-59-57-55-53-51-49-46-21-19-17-15-13-11-9-7-2/h9,11,15,17,21,23-24,46,51,53,57,59,66,70H,6-8,10,12-14,16,18-20,22,25-45,47-50,52,54-56,58,60-65H2,1-5H3/p+1/b11-9-,17-15-,24-23-,46-21-,53-51-,59-57-. The second-order valence-corrected chi connectivity index (χ2v) is 23.4. The Labute approximate surface area is 487 Å². The van der Waals surface area contributed by atoms with E-state index in [-0.39, 0.29) is 38.6 Å². The highest BCUT2D eigenvalue weighted by atomic mass is 16.7. The van der Waals surface area contributed by atoms with Crippen LogP contribution in [0.1, 0.15) is 296 Å². The molecule has 9 nitrogen and oxygen atoms in total. The monoisotopic (exact) mass is 1110 g/mol. The number of hydrogen-bond donors (Lipinski definition) is 1. The Morgan fingerprint density at radius 3 is 1.13 bits per heavy atom. The number of esters is 2. The number of aliphatic carboxylic acids is 1. The summed E-state index contributed by atoms with van der Waals surface area (Å²) in [4.78, 5) is 37.3. The van der Waals surface area contributed by atoms with Gasteiger partial charge in [0.05, 0.1) is 40.8 Å². The number of ether oxygens (including phenoxy) is 4. The van der Waals surface area contributed by atoms with E-state index in [0.717, 1.165) is 44.9 Å². The van der Waals surface area contributed by atoms with E-state index in [1.807, 2.05) is 33.3 Å². The molecule has 0 aromatic rings. The summed E-state index contributed by atoms with van der Waals surface area (Å²) in [5.41, 5.74) is 0. The minimum Gasteiger partial charge on any atom is -0.477 e. The fraction of sp³-hybridized carbons (Fsp3) is 0.786. The zero-order chi connectivity index (χ0) is 57.6. The van der Waals surface area contributed by atoms with E-state index in [2.05, 4.69) is 68.5 Å². The van der Waals surface area contributed by atoms with Gasteiger partial charge in [0.1, 0.15) is 13.2 Å². The molecule has 0 aromatic carbocycles. The lowest BCUT2D eigenvalue weighted by Crippen LogP contribution is -2.40. The number of allylic oxidation sites excluding steroid dienone is 11. The third-order valence-electron chi connectivity index (χ3n) is 14.5. The van der Waals surface area contributed by atoms with Crippen molar-refractivity contribution in [3.63, 3.8) is 0 Å². The first kappa shape index (κ1) is 75.7. The number of carboxylic acids is 1. The predicted molar refractivity (Wildman–Crippen MR) is 336 cm³/mol. The summed E-state index contributed by atoms with van der Waals surface area (Å²) in [7, 11) is 5.94. The van der Waals surface area contributed by atoms with Crippen molar-refractivity contribution >= 4 is 17.9 Å². The zero-order valence-electron chi connectivity index (χ0n) is 52.3. The number of carbonyl (C=O) groups is 3. The molecule has 0 saturated carbocycles. The molecular weight excluding hydrogens is 983 g/mol. The van der Waals surface area contributed by atoms with Crippen molar-refractivity contribution in [2.75, 3.05) is 47.5 Å². The van der Waals surface area contributed by atoms with Gasteiger partial charge in [0.2, 0.25) is 0 Å². The van der Waals surface area contributed by atoms with Crippen LogP contribution in [0.15, 0.2) is 72.9 Å². The molecule has 0 aliphatic heterocycles. The number of carboxylic acid groups (broad SMARTS) is 1. The lowest BCUT2D eigenvalue weighted by Gasteiger charge is -2.25. The molecule has 0 aliphatic carbocycles. The highest BCUT2D eigenvalue weighted by Gasteiger charge is 2.25. The van der Waals surface area contributed by atoms with Gasteiger partial charge in [-0.15, -0.1) is 0 Å². The Hall–Kier alpha value is -3.27. The average Bonchev–Trinajstić information content (AvgIpc) is 3.42. The number of rotatable bonds is 61. The average molecular weight is 1110 g/mol. The lowest BCUT2D eigenvalue weighted by atomic mass is 10.0. The summed E-state index contributed by atoms with van der Waals surface area (Å²) in [6.07, 6.45) is 78.0. The second-order valence-electron chi connectivity index (χ2n) is 23.4. The van der Waals surface area contributed by atoms with Gasteiger partial charge in [0, 0.05) is 6.42 Å². The van der Waals surface area contributed by atoms with Crippen LogP contribution in [0.25, 0.3) is 0 Å². The predicted octanol–water partition coefficient (Wildman–Crippen LogP) is 20.1. The summed E-state index contributed by atoms with van der Waals surface area (Å²) in [6.45, 7) is 4.67. The van der Waals surface area contributed by atoms with Crippen molar-refractivity contribution in [2.45, 2.75) is 309 Å². The molecule has 0 aromatic heterocycles. The van der Waals surface area contributed by atoms with Crippen LogP contribution in [0, 0.1) is 0 Å². The van der Waals surface area contributed by atoms with Gasteiger partial charge in [-0.2, -0.15) is 0 Å². The molecule has 0 spiro atoms. The van der Waals surface area contributed by atoms with Crippen LogP contribution in [0.5, 0.6) is 0 Å². The van der Waals surface area contributed by atoms with E-state index in [1.165, 1.54) is 218 Å². The van der Waals surface area contributed by atoms with Crippen LogP contribution >= 0.6 is 0 Å². The maximum absolute atomic E-state index is 12.8. The van der Waals surface area contributed by atoms with Crippen LogP contribution in [-0.2, 0) is 33.3 Å². The van der Waals surface area contributed by atoms with E-state index < -0.39 is 24.3 Å². The minimum absolute atomic E-state index is 0.0272. The van der Waals surface area contributed by atoms with Crippen LogP contribution in [0.4, 0.5) is 0 Å². The first-order valence-electron chi connectivity index (χ1n) is 33.1. The lowest BCUT2D eigenvalue weighted by molar-refractivity contribution is -0.870. The highest BCUT2D eigenvalue weighted by molar-refractivity contribution is 5.72. The molecule has 0 radical (unpaired) electrons. The van der Waals surface area contributed by atoms with Crippen molar-refractivity contribution in [1.82, 2.24) is 0 Å². The Morgan fingerprint density at radius 2 is 0.759 bits per heavy atom. The van der Waals surface area contributed by atoms with E-state index >= 15 is 0 Å². The molecule has 458 valence electrons. The van der Waals surface area contributed by atoms with Crippen molar-refractivity contribution in [3.8, 4) is 0 Å². The maximum atomic E-state index is 12.8. The second kappa shape index (κ2) is 60.8. The number of likely N-dealkylation sites (N-methyl/N-ethyl adjacent to an activating group) is 1. The highest BCUT2D eigenvalue weighted by Crippen LogP contribution is 2.18. The number of carbonyl (C=O) groups excluding carboxylic acids is 2. The molecule has 0 amide bonds. The van der Waals surface area contributed by atoms with Crippen LogP contribution in [-0.4, -0.2) is 87.4 Å². The minimum atomic E-state index is -1.54. The first-order valence-corrected chi connectivity index (χ1v) is 33.1. The number of hydrogen-bond acceptors (Lipinski definition) is 7. The molecule has 2 atom stereocenters. The fourth-order valence-corrected chi connectivity index (χ4v) is 9.44. The van der Waals surface area contributed by atoms with Gasteiger partial charge in [-0.3, -0.25) is 9.59 Å². The molecule has 0 aliphatic rings. The Kier molecular flexibility index (Phi) is 58.3. The van der Waals surface area contributed by atoms with Crippen LogP contribution < -0.4 is 0 Å². The molecule has 0 fully saturated rings. The summed E-state index contributed by atoms with van der Waals surface area (Å²) < 4.78 is 22.7. The summed E-state index contributed by atoms with van der Waals surface area (Å²) in [5, 5.41) is 9.69. The molecule has 0 bridgehead atoms. The molecule has 0 rings (SSSR count). The normalized spacial score (nSPS) is 13.2. The Morgan fingerprint density at radius 1 is 0.405 bits per heavy atom. The molecule has 0 heterocycles. The van der Waals surface area contributed by atoms with Gasteiger partial charge in [-0.05, 0) is 64.2 Å². The van der Waals surface area contributed by atoms with Gasteiger partial charge >= 0.3 is 17.9 Å². The smallest absolute Gasteiger partial charge is 0.361 e. The van der Waals surface area contributed by atoms with Gasteiger partial charge in [-0.25, -0.2) is 4.79 Å². The summed E-state index contributed by atoms with van der Waals surface area (Å²) >= 11 is 0. The van der Waals surface area contributed by atoms with Crippen molar-refractivity contribution in [3.05, 3.63) is 72.9 Å². The zero-order valence-corrected chi connectivity index (χ0v) is 52.3. The molecule has 1 N–H and O–H groups in total. The maximum Gasteiger partial charge on any atom is 0.361 e. The number of quaternary nitrogens is 1.